The maximum atomic E-state index is 12.1. The topological polar surface area (TPSA) is 98.5 Å². The lowest BCUT2D eigenvalue weighted by molar-refractivity contribution is -0.385. The molecular formula is C19H19ClN2O5. The van der Waals surface area contributed by atoms with Crippen LogP contribution >= 0.6 is 11.6 Å². The van der Waals surface area contributed by atoms with E-state index >= 15 is 0 Å². The molecule has 0 spiro atoms. The Labute approximate surface area is 161 Å². The summed E-state index contributed by atoms with van der Waals surface area (Å²) in [5, 5.41) is 13.9. The molecule has 142 valence electrons. The van der Waals surface area contributed by atoms with Gasteiger partial charge >= 0.3 is 5.97 Å². The quantitative estimate of drug-likeness (QED) is 0.424. The number of halogens is 1. The van der Waals surface area contributed by atoms with Crippen LogP contribution in [0.15, 0.2) is 42.5 Å². The van der Waals surface area contributed by atoms with E-state index in [0.29, 0.717) is 5.69 Å². The fourth-order valence-corrected chi connectivity index (χ4v) is 2.66. The number of rotatable bonds is 7. The maximum absolute atomic E-state index is 12.1. The van der Waals surface area contributed by atoms with E-state index in [2.05, 4.69) is 5.32 Å². The van der Waals surface area contributed by atoms with Crippen molar-refractivity contribution in [3.05, 3.63) is 68.7 Å². The lowest BCUT2D eigenvalue weighted by Gasteiger charge is -2.15. The second kappa shape index (κ2) is 9.14. The van der Waals surface area contributed by atoms with Gasteiger partial charge in [0.2, 0.25) is 0 Å². The molecule has 2 aromatic carbocycles. The zero-order valence-electron chi connectivity index (χ0n) is 14.9. The number of carbonyl (C=O) groups excluding carboxylic acids is 2. The first kappa shape index (κ1) is 20.4. The number of nitrogens with one attached hydrogen (secondary N) is 1. The van der Waals surface area contributed by atoms with Crippen LogP contribution in [0.25, 0.3) is 0 Å². The molecule has 0 heterocycles. The molecule has 7 nitrogen and oxygen atoms in total. The zero-order valence-corrected chi connectivity index (χ0v) is 15.7. The molecule has 0 aliphatic rings. The summed E-state index contributed by atoms with van der Waals surface area (Å²) in [5.74, 6) is -1.28. The number of nitro benzene ring substituents is 1. The molecular weight excluding hydrogens is 372 g/mol. The third-order valence-electron chi connectivity index (χ3n) is 4.09. The van der Waals surface area contributed by atoms with Crippen molar-refractivity contribution in [1.82, 2.24) is 0 Å². The fraction of sp³-hybridized carbons (Fsp3) is 0.263. The van der Waals surface area contributed by atoms with Crippen molar-refractivity contribution >= 4 is 34.9 Å². The van der Waals surface area contributed by atoms with Crippen LogP contribution < -0.4 is 5.32 Å². The van der Waals surface area contributed by atoms with Gasteiger partial charge in [-0.2, -0.15) is 0 Å². The first-order valence-electron chi connectivity index (χ1n) is 8.33. The summed E-state index contributed by atoms with van der Waals surface area (Å²) < 4.78 is 4.92. The molecule has 1 N–H and O–H groups in total. The van der Waals surface area contributed by atoms with E-state index < -0.39 is 29.1 Å². The van der Waals surface area contributed by atoms with Gasteiger partial charge in [0, 0.05) is 16.8 Å². The highest BCUT2D eigenvalue weighted by Crippen LogP contribution is 2.26. The van der Waals surface area contributed by atoms with Crippen LogP contribution in [0.3, 0.4) is 0 Å². The molecule has 0 unspecified atom stereocenters. The molecule has 0 saturated carbocycles. The highest BCUT2D eigenvalue weighted by Gasteiger charge is 2.22. The standard InChI is InChI=1S/C19H19ClN2O5/c1-3-12(2)14-6-4-5-7-16(14)21-18(23)11-27-19(24)15-10-13(20)8-9-17(15)22(25)26/h4-10,12H,3,11H2,1-2H3,(H,21,23)/t12-/m0/s1. The molecule has 1 amide bonds. The minimum atomic E-state index is -0.991. The predicted molar refractivity (Wildman–Crippen MR) is 102 cm³/mol. The molecule has 1 atom stereocenters. The van der Waals surface area contributed by atoms with Crippen molar-refractivity contribution < 1.29 is 19.2 Å². The highest BCUT2D eigenvalue weighted by molar-refractivity contribution is 6.31. The molecule has 8 heteroatoms. The Hall–Kier alpha value is -2.93. The number of hydrogen-bond donors (Lipinski definition) is 1. The number of esters is 1. The van der Waals surface area contributed by atoms with Crippen molar-refractivity contribution in [1.29, 1.82) is 0 Å². The van der Waals surface area contributed by atoms with Crippen LogP contribution in [0.5, 0.6) is 0 Å². The van der Waals surface area contributed by atoms with Crippen molar-refractivity contribution in [3.63, 3.8) is 0 Å². The van der Waals surface area contributed by atoms with Gasteiger partial charge in [-0.05, 0) is 36.1 Å². The van der Waals surface area contributed by atoms with Crippen molar-refractivity contribution in [3.8, 4) is 0 Å². The Morgan fingerprint density at radius 1 is 1.26 bits per heavy atom. The van der Waals surface area contributed by atoms with Gasteiger partial charge in [0.15, 0.2) is 6.61 Å². The lowest BCUT2D eigenvalue weighted by Crippen LogP contribution is -2.22. The van der Waals surface area contributed by atoms with Gasteiger partial charge in [0.1, 0.15) is 5.56 Å². The molecule has 0 aromatic heterocycles. The minimum absolute atomic E-state index is 0.152. The first-order chi connectivity index (χ1) is 12.8. The average molecular weight is 391 g/mol. The van der Waals surface area contributed by atoms with Gasteiger partial charge in [0.05, 0.1) is 4.92 Å². The fourth-order valence-electron chi connectivity index (χ4n) is 2.49. The van der Waals surface area contributed by atoms with Crippen LogP contribution in [0, 0.1) is 10.1 Å². The smallest absolute Gasteiger partial charge is 0.345 e. The van der Waals surface area contributed by atoms with Crippen molar-refractivity contribution in [2.75, 3.05) is 11.9 Å². The van der Waals surface area contributed by atoms with E-state index in [-0.39, 0.29) is 16.5 Å². The van der Waals surface area contributed by atoms with E-state index in [0.717, 1.165) is 24.1 Å². The number of carbonyl (C=O) groups is 2. The number of ether oxygens (including phenoxy) is 1. The van der Waals surface area contributed by atoms with Crippen LogP contribution in [-0.2, 0) is 9.53 Å². The largest absolute Gasteiger partial charge is 0.452 e. The van der Waals surface area contributed by atoms with Crippen LogP contribution in [0.2, 0.25) is 5.02 Å². The number of nitrogens with zero attached hydrogens (tertiary/aromatic N) is 1. The Balaban J connectivity index is 2.06. The molecule has 0 aliphatic heterocycles. The molecule has 0 bridgehead atoms. The summed E-state index contributed by atoms with van der Waals surface area (Å²) in [6.07, 6.45) is 0.903. The van der Waals surface area contributed by atoms with E-state index in [4.69, 9.17) is 16.3 Å². The van der Waals surface area contributed by atoms with Gasteiger partial charge < -0.3 is 10.1 Å². The normalized spacial score (nSPS) is 11.5. The summed E-state index contributed by atoms with van der Waals surface area (Å²) in [7, 11) is 0. The molecule has 2 aromatic rings. The summed E-state index contributed by atoms with van der Waals surface area (Å²) in [6, 6.07) is 10.9. The number of nitro groups is 1. The molecule has 2 rings (SSSR count). The number of amides is 1. The average Bonchev–Trinajstić information content (AvgIpc) is 2.65. The van der Waals surface area contributed by atoms with E-state index in [1.165, 1.54) is 6.07 Å². The number of para-hydroxylation sites is 1. The van der Waals surface area contributed by atoms with Crippen LogP contribution in [0.1, 0.15) is 42.1 Å². The van der Waals surface area contributed by atoms with Crippen molar-refractivity contribution in [2.24, 2.45) is 0 Å². The van der Waals surface area contributed by atoms with Gasteiger partial charge in [-0.15, -0.1) is 0 Å². The lowest BCUT2D eigenvalue weighted by atomic mass is 9.97. The van der Waals surface area contributed by atoms with Gasteiger partial charge in [-0.3, -0.25) is 14.9 Å². The zero-order chi connectivity index (χ0) is 20.0. The first-order valence-corrected chi connectivity index (χ1v) is 8.71. The third kappa shape index (κ3) is 5.27. The Kier molecular flexibility index (Phi) is 6.90. The van der Waals surface area contributed by atoms with Gasteiger partial charge in [-0.1, -0.05) is 43.6 Å². The van der Waals surface area contributed by atoms with E-state index in [1.807, 2.05) is 26.0 Å². The minimum Gasteiger partial charge on any atom is -0.452 e. The van der Waals surface area contributed by atoms with Crippen LogP contribution in [0.4, 0.5) is 11.4 Å². The summed E-state index contributed by atoms with van der Waals surface area (Å²) in [4.78, 5) is 34.6. The van der Waals surface area contributed by atoms with Gasteiger partial charge in [0.25, 0.3) is 11.6 Å². The Morgan fingerprint density at radius 2 is 1.96 bits per heavy atom. The van der Waals surface area contributed by atoms with E-state index in [9.17, 15) is 19.7 Å². The molecule has 27 heavy (non-hydrogen) atoms. The number of anilines is 1. The summed E-state index contributed by atoms with van der Waals surface area (Å²) in [5.41, 5.74) is 0.874. The van der Waals surface area contributed by atoms with Crippen molar-refractivity contribution in [2.45, 2.75) is 26.2 Å². The Morgan fingerprint density at radius 3 is 2.63 bits per heavy atom. The number of hydrogen-bond acceptors (Lipinski definition) is 5. The molecule has 0 aliphatic carbocycles. The van der Waals surface area contributed by atoms with Gasteiger partial charge in [-0.25, -0.2) is 4.79 Å². The third-order valence-corrected chi connectivity index (χ3v) is 4.32. The summed E-state index contributed by atoms with van der Waals surface area (Å²) >= 11 is 5.79. The second-order valence-corrected chi connectivity index (χ2v) is 6.38. The molecule has 0 saturated heterocycles. The number of benzene rings is 2. The second-order valence-electron chi connectivity index (χ2n) is 5.94. The van der Waals surface area contributed by atoms with E-state index in [1.54, 1.807) is 12.1 Å². The predicted octanol–water partition coefficient (Wildman–Crippen LogP) is 4.56. The Bertz CT molecular complexity index is 869. The summed E-state index contributed by atoms with van der Waals surface area (Å²) in [6.45, 7) is 3.52. The maximum Gasteiger partial charge on any atom is 0.345 e. The highest BCUT2D eigenvalue weighted by atomic mass is 35.5. The van der Waals surface area contributed by atoms with Crippen LogP contribution in [-0.4, -0.2) is 23.4 Å². The monoisotopic (exact) mass is 390 g/mol. The molecule has 0 fully saturated rings. The SMILES string of the molecule is CC[C@H](C)c1ccccc1NC(=O)COC(=O)c1cc(Cl)ccc1[N+](=O)[O-]. The molecule has 0 radical (unpaired) electrons.